The molecule has 0 amide bonds. The fourth-order valence-electron chi connectivity index (χ4n) is 0.353. The van der Waals surface area contributed by atoms with Gasteiger partial charge in [-0.15, -0.1) is 0 Å². The highest BCUT2D eigenvalue weighted by Crippen LogP contribution is 1.86. The molecule has 0 bridgehead atoms. The van der Waals surface area contributed by atoms with Gasteiger partial charge in [-0.05, 0) is 13.3 Å². The highest BCUT2D eigenvalue weighted by molar-refractivity contribution is 7.82. The molecular weight excluding hydrogens is 136 g/mol. The molecule has 0 spiro atoms. The normalized spacial score (nSPS) is 15.3. The van der Waals surface area contributed by atoms with Crippen molar-refractivity contribution in [2.24, 2.45) is 0 Å². The number of hydrogen-bond donors (Lipinski definition) is 1. The van der Waals surface area contributed by atoms with E-state index in [2.05, 4.69) is 0 Å². The first-order valence-corrected chi connectivity index (χ1v) is 3.82. The molecule has 3 heteroatoms. The summed E-state index contributed by atoms with van der Waals surface area (Å²) in [6, 6.07) is 0. The summed E-state index contributed by atoms with van der Waals surface area (Å²) in [6.45, 7) is 1.91. The van der Waals surface area contributed by atoms with Crippen LogP contribution in [0.25, 0.3) is 0 Å². The third-order valence-corrected chi connectivity index (χ3v) is 1.15. The zero-order valence-corrected chi connectivity index (χ0v) is 6.10. The van der Waals surface area contributed by atoms with E-state index in [0.29, 0.717) is 0 Å². The maximum Gasteiger partial charge on any atom is 0.178 e. The lowest BCUT2D eigenvalue weighted by atomic mass is 10.4. The van der Waals surface area contributed by atoms with Crippen molar-refractivity contribution in [2.75, 3.05) is 0 Å². The van der Waals surface area contributed by atoms with Crippen LogP contribution in [0.3, 0.4) is 0 Å². The van der Waals surface area contributed by atoms with Gasteiger partial charge in [0.2, 0.25) is 0 Å². The predicted molar refractivity (Wildman–Crippen MR) is 39.3 cm³/mol. The molecule has 0 aliphatic carbocycles. The molecule has 2 nitrogen and oxygen atoms in total. The van der Waals surface area contributed by atoms with Crippen LogP contribution in [-0.2, 0) is 11.1 Å². The molecule has 0 fully saturated rings. The van der Waals surface area contributed by atoms with Crippen LogP contribution in [0, 0.1) is 0 Å². The minimum atomic E-state index is -1.78. The summed E-state index contributed by atoms with van der Waals surface area (Å²) in [7, 11) is 0. The molecule has 1 N–H and O–H groups in total. The first-order chi connectivity index (χ1) is 4.27. The van der Waals surface area contributed by atoms with Crippen LogP contribution in [0.2, 0.25) is 0 Å². The molecule has 0 aromatic rings. The van der Waals surface area contributed by atoms with Gasteiger partial charge in [0.05, 0.1) is 0 Å². The van der Waals surface area contributed by atoms with Gasteiger partial charge >= 0.3 is 0 Å². The molecule has 0 radical (unpaired) electrons. The molecule has 9 heavy (non-hydrogen) atoms. The van der Waals surface area contributed by atoms with E-state index in [9.17, 15) is 4.21 Å². The van der Waals surface area contributed by atoms with E-state index in [-0.39, 0.29) is 0 Å². The fraction of sp³-hybridized carbons (Fsp3) is 0.333. The van der Waals surface area contributed by atoms with E-state index in [1.165, 1.54) is 5.41 Å². The SMILES string of the molecule is CC=CCC=CS(=O)O. The van der Waals surface area contributed by atoms with Crippen LogP contribution in [0.5, 0.6) is 0 Å². The molecule has 1 unspecified atom stereocenters. The van der Waals surface area contributed by atoms with Gasteiger partial charge in [-0.1, -0.05) is 18.2 Å². The molecule has 0 aromatic carbocycles. The minimum Gasteiger partial charge on any atom is -0.303 e. The molecule has 1 atom stereocenters. The Morgan fingerprint density at radius 2 is 2.22 bits per heavy atom. The van der Waals surface area contributed by atoms with Crippen molar-refractivity contribution >= 4 is 11.1 Å². The molecular formula is C6H10O2S. The van der Waals surface area contributed by atoms with Crippen LogP contribution in [0.15, 0.2) is 23.6 Å². The average Bonchev–Trinajstić information content (AvgIpc) is 1.80. The first kappa shape index (κ1) is 8.59. The fourth-order valence-corrected chi connectivity index (χ4v) is 0.628. The Morgan fingerprint density at radius 3 is 2.67 bits per heavy atom. The maximum absolute atomic E-state index is 9.96. The van der Waals surface area contributed by atoms with E-state index >= 15 is 0 Å². The van der Waals surface area contributed by atoms with Gasteiger partial charge < -0.3 is 4.55 Å². The summed E-state index contributed by atoms with van der Waals surface area (Å²) in [5.74, 6) is 0. The zero-order valence-electron chi connectivity index (χ0n) is 5.28. The number of rotatable bonds is 3. The van der Waals surface area contributed by atoms with Crippen molar-refractivity contribution in [3.63, 3.8) is 0 Å². The highest BCUT2D eigenvalue weighted by atomic mass is 32.2. The third kappa shape index (κ3) is 7.59. The second-order valence-electron chi connectivity index (χ2n) is 1.45. The molecule has 0 heterocycles. The lowest BCUT2D eigenvalue weighted by molar-refractivity contribution is 0.574. The van der Waals surface area contributed by atoms with Gasteiger partial charge in [-0.3, -0.25) is 0 Å². The minimum absolute atomic E-state index is 0.725. The summed E-state index contributed by atoms with van der Waals surface area (Å²) in [4.78, 5) is 0. The molecule has 0 aliphatic heterocycles. The summed E-state index contributed by atoms with van der Waals surface area (Å²) < 4.78 is 18.2. The molecule has 52 valence electrons. The molecule has 0 rings (SSSR count). The maximum atomic E-state index is 9.96. The van der Waals surface area contributed by atoms with E-state index in [0.717, 1.165) is 6.42 Å². The lowest BCUT2D eigenvalue weighted by Crippen LogP contribution is -1.74. The smallest absolute Gasteiger partial charge is 0.178 e. The Hall–Kier alpha value is -0.410. The second-order valence-corrected chi connectivity index (χ2v) is 2.28. The third-order valence-electron chi connectivity index (χ3n) is 0.721. The van der Waals surface area contributed by atoms with Gasteiger partial charge in [0.25, 0.3) is 0 Å². The van der Waals surface area contributed by atoms with Gasteiger partial charge in [0, 0.05) is 5.41 Å². The molecule has 0 saturated carbocycles. The van der Waals surface area contributed by atoms with Crippen molar-refractivity contribution in [3.8, 4) is 0 Å². The second kappa shape index (κ2) is 5.72. The Labute approximate surface area is 57.6 Å². The van der Waals surface area contributed by atoms with Crippen LogP contribution in [-0.4, -0.2) is 8.76 Å². The van der Waals surface area contributed by atoms with Gasteiger partial charge in [0.1, 0.15) is 0 Å². The number of hydrogen-bond acceptors (Lipinski definition) is 1. The number of allylic oxidation sites excluding steroid dienone is 3. The van der Waals surface area contributed by atoms with E-state index in [1.807, 2.05) is 19.1 Å². The molecule has 0 saturated heterocycles. The van der Waals surface area contributed by atoms with Gasteiger partial charge in [0.15, 0.2) is 11.1 Å². The van der Waals surface area contributed by atoms with Gasteiger partial charge in [-0.2, -0.15) is 0 Å². The largest absolute Gasteiger partial charge is 0.303 e. The van der Waals surface area contributed by atoms with Crippen molar-refractivity contribution in [2.45, 2.75) is 13.3 Å². The Bertz CT molecular complexity index is 138. The Kier molecular flexibility index (Phi) is 5.46. The van der Waals surface area contributed by atoms with Crippen LogP contribution >= 0.6 is 0 Å². The van der Waals surface area contributed by atoms with E-state index in [1.54, 1.807) is 6.08 Å². The molecule has 0 aliphatic rings. The van der Waals surface area contributed by atoms with E-state index < -0.39 is 11.1 Å². The topological polar surface area (TPSA) is 37.3 Å². The Balaban J connectivity index is 3.36. The first-order valence-electron chi connectivity index (χ1n) is 2.65. The monoisotopic (exact) mass is 146 g/mol. The Morgan fingerprint density at radius 1 is 1.56 bits per heavy atom. The van der Waals surface area contributed by atoms with Gasteiger partial charge in [-0.25, -0.2) is 4.21 Å². The van der Waals surface area contributed by atoms with Crippen molar-refractivity contribution in [3.05, 3.63) is 23.6 Å². The zero-order chi connectivity index (χ0) is 7.11. The highest BCUT2D eigenvalue weighted by Gasteiger charge is 1.76. The summed E-state index contributed by atoms with van der Waals surface area (Å²) in [5.41, 5.74) is 0. The summed E-state index contributed by atoms with van der Waals surface area (Å²) >= 11 is -1.78. The van der Waals surface area contributed by atoms with Crippen LogP contribution in [0.4, 0.5) is 0 Å². The summed E-state index contributed by atoms with van der Waals surface area (Å²) in [5, 5.41) is 1.25. The van der Waals surface area contributed by atoms with Crippen LogP contribution in [0.1, 0.15) is 13.3 Å². The van der Waals surface area contributed by atoms with Crippen molar-refractivity contribution in [1.82, 2.24) is 0 Å². The quantitative estimate of drug-likeness (QED) is 0.486. The predicted octanol–water partition coefficient (Wildman–Crippen LogP) is 1.69. The van der Waals surface area contributed by atoms with Crippen molar-refractivity contribution in [1.29, 1.82) is 0 Å². The molecule has 0 aromatic heterocycles. The lowest BCUT2D eigenvalue weighted by Gasteiger charge is -1.78. The van der Waals surface area contributed by atoms with Crippen LogP contribution < -0.4 is 0 Å². The summed E-state index contributed by atoms with van der Waals surface area (Å²) in [6.07, 6.45) is 6.17. The average molecular weight is 146 g/mol. The standard InChI is InChI=1S/C6H10O2S/c1-2-3-4-5-6-9(7)8/h2-3,5-6H,4H2,1H3,(H,7,8). The van der Waals surface area contributed by atoms with E-state index in [4.69, 9.17) is 4.55 Å². The van der Waals surface area contributed by atoms with Crippen molar-refractivity contribution < 1.29 is 8.76 Å².